The highest BCUT2D eigenvalue weighted by Crippen LogP contribution is 2.11. The standard InChI is InChI=1S/C13H23NO5S/c1-13(2,3)19-12(16)6-5-11(15)14-7-4-9-20(17,18)10-8-14/h4-10H2,1-3H3. The van der Waals surface area contributed by atoms with Crippen LogP contribution in [0.3, 0.4) is 0 Å². The lowest BCUT2D eigenvalue weighted by molar-refractivity contribution is -0.156. The quantitative estimate of drug-likeness (QED) is 0.719. The fraction of sp³-hybridized carbons (Fsp3) is 0.846. The van der Waals surface area contributed by atoms with Gasteiger partial charge in [-0.25, -0.2) is 8.42 Å². The largest absolute Gasteiger partial charge is 0.460 e. The van der Waals surface area contributed by atoms with Crippen LogP contribution in [0.2, 0.25) is 0 Å². The van der Waals surface area contributed by atoms with Crippen LogP contribution >= 0.6 is 0 Å². The topological polar surface area (TPSA) is 80.8 Å². The molecule has 1 aliphatic heterocycles. The molecule has 0 aromatic carbocycles. The summed E-state index contributed by atoms with van der Waals surface area (Å²) in [6, 6.07) is 0. The normalized spacial score (nSPS) is 19.2. The monoisotopic (exact) mass is 305 g/mol. The smallest absolute Gasteiger partial charge is 0.306 e. The van der Waals surface area contributed by atoms with Gasteiger partial charge in [0.1, 0.15) is 5.60 Å². The van der Waals surface area contributed by atoms with Crippen LogP contribution in [0.15, 0.2) is 0 Å². The molecule has 0 saturated carbocycles. The Morgan fingerprint density at radius 1 is 1.10 bits per heavy atom. The molecule has 0 radical (unpaired) electrons. The van der Waals surface area contributed by atoms with Gasteiger partial charge in [-0.05, 0) is 27.2 Å². The van der Waals surface area contributed by atoms with Gasteiger partial charge < -0.3 is 9.64 Å². The van der Waals surface area contributed by atoms with E-state index in [1.807, 2.05) is 0 Å². The molecule has 1 fully saturated rings. The molecule has 0 aliphatic carbocycles. The van der Waals surface area contributed by atoms with Crippen molar-refractivity contribution < 1.29 is 22.7 Å². The average Bonchev–Trinajstić information content (AvgIpc) is 2.45. The number of nitrogens with zero attached hydrogens (tertiary/aromatic N) is 1. The van der Waals surface area contributed by atoms with E-state index in [1.54, 1.807) is 20.8 Å². The summed E-state index contributed by atoms with van der Waals surface area (Å²) in [4.78, 5) is 25.0. The number of ether oxygens (including phenoxy) is 1. The van der Waals surface area contributed by atoms with E-state index in [-0.39, 0.29) is 36.8 Å². The van der Waals surface area contributed by atoms with Gasteiger partial charge in [-0.1, -0.05) is 0 Å². The molecular formula is C13H23NO5S. The number of carbonyl (C=O) groups is 2. The summed E-state index contributed by atoms with van der Waals surface area (Å²) in [5.41, 5.74) is -0.559. The second kappa shape index (κ2) is 6.56. The number of rotatable bonds is 3. The Morgan fingerprint density at radius 3 is 2.35 bits per heavy atom. The maximum absolute atomic E-state index is 12.0. The molecule has 6 nitrogen and oxygen atoms in total. The van der Waals surface area contributed by atoms with E-state index >= 15 is 0 Å². The zero-order valence-corrected chi connectivity index (χ0v) is 13.2. The predicted molar refractivity (Wildman–Crippen MR) is 74.9 cm³/mol. The van der Waals surface area contributed by atoms with Crippen LogP contribution in [0.1, 0.15) is 40.0 Å². The van der Waals surface area contributed by atoms with Crippen LogP contribution in [0.25, 0.3) is 0 Å². The molecule has 1 rings (SSSR count). The summed E-state index contributed by atoms with van der Waals surface area (Å²) in [5, 5.41) is 0. The lowest BCUT2D eigenvalue weighted by Crippen LogP contribution is -2.34. The molecule has 20 heavy (non-hydrogen) atoms. The molecule has 0 spiro atoms. The van der Waals surface area contributed by atoms with Crippen LogP contribution in [0, 0.1) is 0 Å². The molecule has 0 aromatic rings. The minimum atomic E-state index is -3.03. The van der Waals surface area contributed by atoms with Crippen molar-refractivity contribution in [1.82, 2.24) is 4.90 Å². The van der Waals surface area contributed by atoms with Crippen molar-refractivity contribution in [2.45, 2.75) is 45.6 Å². The Labute approximate surface area is 120 Å². The van der Waals surface area contributed by atoms with E-state index in [0.717, 1.165) is 0 Å². The van der Waals surface area contributed by atoms with Crippen molar-refractivity contribution in [1.29, 1.82) is 0 Å². The Morgan fingerprint density at radius 2 is 1.75 bits per heavy atom. The molecule has 0 aromatic heterocycles. The summed E-state index contributed by atoms with van der Waals surface area (Å²) in [7, 11) is -3.03. The average molecular weight is 305 g/mol. The Hall–Kier alpha value is -1.11. The van der Waals surface area contributed by atoms with E-state index in [1.165, 1.54) is 4.90 Å². The van der Waals surface area contributed by atoms with E-state index < -0.39 is 21.4 Å². The molecular weight excluding hydrogens is 282 g/mol. The number of esters is 1. The number of sulfone groups is 1. The lowest BCUT2D eigenvalue weighted by Gasteiger charge is -2.21. The summed E-state index contributed by atoms with van der Waals surface area (Å²) in [6.07, 6.45) is 0.550. The van der Waals surface area contributed by atoms with Crippen LogP contribution < -0.4 is 0 Å². The minimum absolute atomic E-state index is 0.00514. The first-order valence-corrected chi connectivity index (χ1v) is 8.61. The third-order valence-electron chi connectivity index (χ3n) is 2.87. The van der Waals surface area contributed by atoms with Crippen LogP contribution in [0.5, 0.6) is 0 Å². The minimum Gasteiger partial charge on any atom is -0.460 e. The first-order chi connectivity index (χ1) is 9.09. The SMILES string of the molecule is CC(C)(C)OC(=O)CCC(=O)N1CCCS(=O)(=O)CC1. The van der Waals surface area contributed by atoms with Gasteiger partial charge in [0, 0.05) is 19.5 Å². The van der Waals surface area contributed by atoms with Crippen molar-refractivity contribution in [3.63, 3.8) is 0 Å². The lowest BCUT2D eigenvalue weighted by atomic mass is 10.2. The highest BCUT2D eigenvalue weighted by atomic mass is 32.2. The molecule has 0 atom stereocenters. The van der Waals surface area contributed by atoms with E-state index in [9.17, 15) is 18.0 Å². The molecule has 0 unspecified atom stereocenters. The Kier molecular flexibility index (Phi) is 5.56. The highest BCUT2D eigenvalue weighted by molar-refractivity contribution is 7.91. The molecule has 116 valence electrons. The van der Waals surface area contributed by atoms with Gasteiger partial charge in [-0.15, -0.1) is 0 Å². The maximum Gasteiger partial charge on any atom is 0.306 e. The first kappa shape index (κ1) is 16.9. The molecule has 0 bridgehead atoms. The van der Waals surface area contributed by atoms with Gasteiger partial charge in [0.2, 0.25) is 5.91 Å². The van der Waals surface area contributed by atoms with Crippen LogP contribution in [-0.4, -0.2) is 55.4 Å². The first-order valence-electron chi connectivity index (χ1n) is 6.79. The number of hydrogen-bond acceptors (Lipinski definition) is 5. The van der Waals surface area contributed by atoms with E-state index in [2.05, 4.69) is 0 Å². The van der Waals surface area contributed by atoms with Gasteiger partial charge in [-0.2, -0.15) is 0 Å². The molecule has 1 amide bonds. The van der Waals surface area contributed by atoms with Crippen molar-refractivity contribution in [2.75, 3.05) is 24.6 Å². The second-order valence-corrected chi connectivity index (χ2v) is 8.28. The Bertz CT molecular complexity index is 464. The fourth-order valence-corrected chi connectivity index (χ4v) is 3.22. The predicted octanol–water partition coefficient (Wildman–Crippen LogP) is 0.755. The maximum atomic E-state index is 12.0. The van der Waals surface area contributed by atoms with Gasteiger partial charge >= 0.3 is 5.97 Å². The van der Waals surface area contributed by atoms with Gasteiger partial charge in [0.15, 0.2) is 9.84 Å². The second-order valence-electron chi connectivity index (χ2n) is 5.97. The summed E-state index contributed by atoms with van der Waals surface area (Å²) >= 11 is 0. The highest BCUT2D eigenvalue weighted by Gasteiger charge is 2.23. The third-order valence-corrected chi connectivity index (χ3v) is 4.59. The molecule has 0 N–H and O–H groups in total. The van der Waals surface area contributed by atoms with Crippen molar-refractivity contribution >= 4 is 21.7 Å². The zero-order chi connectivity index (χ0) is 15.4. The fourth-order valence-electron chi connectivity index (χ4n) is 1.95. The van der Waals surface area contributed by atoms with Crippen molar-refractivity contribution in [2.24, 2.45) is 0 Å². The summed E-state index contributed by atoms with van der Waals surface area (Å²) < 4.78 is 28.0. The molecule has 1 saturated heterocycles. The van der Waals surface area contributed by atoms with E-state index in [4.69, 9.17) is 4.74 Å². The van der Waals surface area contributed by atoms with Crippen molar-refractivity contribution in [3.8, 4) is 0 Å². The van der Waals surface area contributed by atoms with Gasteiger partial charge in [0.25, 0.3) is 0 Å². The summed E-state index contributed by atoms with van der Waals surface area (Å²) in [6.45, 7) is 5.97. The molecule has 1 aliphatic rings. The van der Waals surface area contributed by atoms with Crippen LogP contribution in [-0.2, 0) is 24.2 Å². The van der Waals surface area contributed by atoms with Crippen molar-refractivity contribution in [3.05, 3.63) is 0 Å². The van der Waals surface area contributed by atoms with Gasteiger partial charge in [0.05, 0.1) is 17.9 Å². The molecule has 1 heterocycles. The van der Waals surface area contributed by atoms with Gasteiger partial charge in [-0.3, -0.25) is 9.59 Å². The summed E-state index contributed by atoms with van der Waals surface area (Å²) in [5.74, 6) is -0.463. The van der Waals surface area contributed by atoms with E-state index in [0.29, 0.717) is 13.0 Å². The molecule has 7 heteroatoms. The number of amides is 1. The number of carbonyl (C=O) groups excluding carboxylic acids is 2. The third kappa shape index (κ3) is 6.36. The Balaban J connectivity index is 2.41. The number of hydrogen-bond donors (Lipinski definition) is 0. The van der Waals surface area contributed by atoms with Crippen LogP contribution in [0.4, 0.5) is 0 Å². The zero-order valence-electron chi connectivity index (χ0n) is 12.3.